The summed E-state index contributed by atoms with van der Waals surface area (Å²) in [4.78, 5) is 13.9. The Hall–Kier alpha value is -2.30. The molecule has 0 atom stereocenters. The van der Waals surface area contributed by atoms with Crippen molar-refractivity contribution in [3.05, 3.63) is 41.0 Å². The molecule has 3 rings (SSSR count). The van der Waals surface area contributed by atoms with E-state index < -0.39 is 5.76 Å². The molecular formula is C10H7N3O2. The number of rotatable bonds is 1. The first-order valence-electron chi connectivity index (χ1n) is 4.46. The molecule has 74 valence electrons. The van der Waals surface area contributed by atoms with E-state index in [0.29, 0.717) is 5.89 Å². The molecule has 2 aromatic heterocycles. The summed E-state index contributed by atoms with van der Waals surface area (Å²) in [6, 6.07) is 7.74. The maximum Gasteiger partial charge on any atom is 0.434 e. The Morgan fingerprint density at radius 3 is 2.93 bits per heavy atom. The lowest BCUT2D eigenvalue weighted by molar-refractivity contribution is 0.527. The average molecular weight is 201 g/mol. The van der Waals surface area contributed by atoms with E-state index in [1.807, 2.05) is 24.3 Å². The van der Waals surface area contributed by atoms with Crippen molar-refractivity contribution >= 4 is 10.9 Å². The molecular weight excluding hydrogens is 194 g/mol. The van der Waals surface area contributed by atoms with Crippen molar-refractivity contribution in [3.63, 3.8) is 0 Å². The molecule has 15 heavy (non-hydrogen) atoms. The number of para-hydroxylation sites is 1. The first-order valence-corrected chi connectivity index (χ1v) is 4.46. The molecule has 0 unspecified atom stereocenters. The molecule has 0 bridgehead atoms. The lowest BCUT2D eigenvalue weighted by Crippen LogP contribution is -1.93. The van der Waals surface area contributed by atoms with Crippen LogP contribution in [0.25, 0.3) is 22.4 Å². The van der Waals surface area contributed by atoms with Crippen LogP contribution in [0.5, 0.6) is 0 Å². The molecule has 0 saturated heterocycles. The Morgan fingerprint density at radius 1 is 1.27 bits per heavy atom. The smallest absolute Gasteiger partial charge is 0.388 e. The van der Waals surface area contributed by atoms with Crippen molar-refractivity contribution in [2.45, 2.75) is 0 Å². The van der Waals surface area contributed by atoms with Gasteiger partial charge in [0.2, 0.25) is 0 Å². The van der Waals surface area contributed by atoms with Gasteiger partial charge in [-0.3, -0.25) is 0 Å². The van der Waals surface area contributed by atoms with Crippen molar-refractivity contribution in [1.29, 1.82) is 0 Å². The SMILES string of the molecule is O=c1[nH]nc(-c2c[nH]c3ccccc23)o1. The van der Waals surface area contributed by atoms with Gasteiger partial charge in [0.15, 0.2) is 0 Å². The standard InChI is InChI=1S/C10H7N3O2/c14-10-13-12-9(15-10)7-5-11-8-4-2-1-3-6(7)8/h1-5,11H,(H,13,14). The van der Waals surface area contributed by atoms with Crippen LogP contribution >= 0.6 is 0 Å². The van der Waals surface area contributed by atoms with Gasteiger partial charge in [-0.1, -0.05) is 18.2 Å². The minimum atomic E-state index is -0.546. The van der Waals surface area contributed by atoms with Crippen molar-refractivity contribution in [2.75, 3.05) is 0 Å². The largest absolute Gasteiger partial charge is 0.434 e. The molecule has 5 heteroatoms. The second-order valence-corrected chi connectivity index (χ2v) is 3.17. The topological polar surface area (TPSA) is 74.7 Å². The number of hydrogen-bond acceptors (Lipinski definition) is 3. The van der Waals surface area contributed by atoms with Crippen molar-refractivity contribution < 1.29 is 4.42 Å². The van der Waals surface area contributed by atoms with Gasteiger partial charge in [0.1, 0.15) is 0 Å². The molecule has 2 N–H and O–H groups in total. The van der Waals surface area contributed by atoms with E-state index in [0.717, 1.165) is 16.5 Å². The zero-order chi connectivity index (χ0) is 10.3. The third-order valence-corrected chi connectivity index (χ3v) is 2.26. The fraction of sp³-hybridized carbons (Fsp3) is 0. The minimum absolute atomic E-state index is 0.303. The van der Waals surface area contributed by atoms with E-state index in [-0.39, 0.29) is 0 Å². The van der Waals surface area contributed by atoms with E-state index >= 15 is 0 Å². The minimum Gasteiger partial charge on any atom is -0.388 e. The predicted molar refractivity (Wildman–Crippen MR) is 54.4 cm³/mol. The zero-order valence-electron chi connectivity index (χ0n) is 7.65. The van der Waals surface area contributed by atoms with Crippen LogP contribution in [-0.4, -0.2) is 15.2 Å². The highest BCUT2D eigenvalue weighted by atomic mass is 16.4. The van der Waals surface area contributed by atoms with Gasteiger partial charge in [-0.15, -0.1) is 5.10 Å². The molecule has 0 fully saturated rings. The highest BCUT2D eigenvalue weighted by Crippen LogP contribution is 2.25. The number of nitrogens with zero attached hydrogens (tertiary/aromatic N) is 1. The lowest BCUT2D eigenvalue weighted by atomic mass is 10.2. The van der Waals surface area contributed by atoms with Gasteiger partial charge in [-0.2, -0.15) is 0 Å². The number of fused-ring (bicyclic) bond motifs is 1. The Morgan fingerprint density at radius 2 is 2.13 bits per heavy atom. The number of aromatic nitrogens is 3. The third-order valence-electron chi connectivity index (χ3n) is 2.26. The van der Waals surface area contributed by atoms with E-state index in [2.05, 4.69) is 15.2 Å². The van der Waals surface area contributed by atoms with Crippen LogP contribution in [0.4, 0.5) is 0 Å². The number of H-pyrrole nitrogens is 2. The van der Waals surface area contributed by atoms with Gasteiger partial charge in [0.25, 0.3) is 5.89 Å². The van der Waals surface area contributed by atoms with Gasteiger partial charge >= 0.3 is 5.76 Å². The molecule has 0 saturated carbocycles. The summed E-state index contributed by atoms with van der Waals surface area (Å²) in [5.41, 5.74) is 1.77. The molecule has 0 amide bonds. The molecule has 5 nitrogen and oxygen atoms in total. The number of aromatic amines is 2. The molecule has 3 aromatic rings. The van der Waals surface area contributed by atoms with Gasteiger partial charge < -0.3 is 9.40 Å². The Kier molecular flexibility index (Phi) is 1.53. The maximum atomic E-state index is 10.8. The Balaban J connectivity index is 2.32. The summed E-state index contributed by atoms with van der Waals surface area (Å²) < 4.78 is 4.89. The normalized spacial score (nSPS) is 10.9. The van der Waals surface area contributed by atoms with Gasteiger partial charge in [0, 0.05) is 17.1 Å². The predicted octanol–water partition coefficient (Wildman–Crippen LogP) is 1.51. The second kappa shape index (κ2) is 2.84. The first kappa shape index (κ1) is 8.05. The van der Waals surface area contributed by atoms with Crippen molar-refractivity contribution in [3.8, 4) is 11.5 Å². The van der Waals surface area contributed by atoms with Crippen molar-refractivity contribution in [2.24, 2.45) is 0 Å². The summed E-state index contributed by atoms with van der Waals surface area (Å²) in [5, 5.41) is 7.00. The molecule has 2 heterocycles. The van der Waals surface area contributed by atoms with Gasteiger partial charge in [0.05, 0.1) is 5.56 Å². The van der Waals surface area contributed by atoms with Gasteiger partial charge in [-0.05, 0) is 6.07 Å². The summed E-state index contributed by atoms with van der Waals surface area (Å²) in [6.45, 7) is 0. The zero-order valence-corrected chi connectivity index (χ0v) is 7.65. The fourth-order valence-corrected chi connectivity index (χ4v) is 1.59. The van der Waals surface area contributed by atoms with E-state index in [1.165, 1.54) is 0 Å². The fourth-order valence-electron chi connectivity index (χ4n) is 1.59. The summed E-state index contributed by atoms with van der Waals surface area (Å²) in [6.07, 6.45) is 1.77. The van der Waals surface area contributed by atoms with Crippen molar-refractivity contribution in [1.82, 2.24) is 15.2 Å². The van der Waals surface area contributed by atoms with Crippen LogP contribution in [0.15, 0.2) is 39.7 Å². The highest BCUT2D eigenvalue weighted by molar-refractivity contribution is 5.93. The molecule has 0 radical (unpaired) electrons. The van der Waals surface area contributed by atoms with E-state index in [9.17, 15) is 4.79 Å². The summed E-state index contributed by atoms with van der Waals surface area (Å²) >= 11 is 0. The van der Waals surface area contributed by atoms with Crippen LogP contribution in [-0.2, 0) is 0 Å². The molecule has 0 aliphatic carbocycles. The Bertz CT molecular complexity index is 662. The second-order valence-electron chi connectivity index (χ2n) is 3.17. The van der Waals surface area contributed by atoms with Crippen LogP contribution in [0.3, 0.4) is 0 Å². The number of benzene rings is 1. The molecule has 1 aromatic carbocycles. The Labute approximate surface area is 83.7 Å². The van der Waals surface area contributed by atoms with Crippen LogP contribution in [0.2, 0.25) is 0 Å². The average Bonchev–Trinajstić information content (AvgIpc) is 2.83. The molecule has 0 aliphatic rings. The van der Waals surface area contributed by atoms with Crippen LogP contribution in [0, 0.1) is 0 Å². The van der Waals surface area contributed by atoms with E-state index in [1.54, 1.807) is 6.20 Å². The van der Waals surface area contributed by atoms with Crippen LogP contribution < -0.4 is 5.76 Å². The summed E-state index contributed by atoms with van der Waals surface area (Å²) in [7, 11) is 0. The maximum absolute atomic E-state index is 10.8. The number of hydrogen-bond donors (Lipinski definition) is 2. The van der Waals surface area contributed by atoms with E-state index in [4.69, 9.17) is 4.42 Å². The number of nitrogens with one attached hydrogen (secondary N) is 2. The lowest BCUT2D eigenvalue weighted by Gasteiger charge is -1.90. The molecule has 0 spiro atoms. The molecule has 0 aliphatic heterocycles. The van der Waals surface area contributed by atoms with Crippen LogP contribution in [0.1, 0.15) is 0 Å². The monoisotopic (exact) mass is 201 g/mol. The third kappa shape index (κ3) is 1.17. The first-order chi connectivity index (χ1) is 7.34. The highest BCUT2D eigenvalue weighted by Gasteiger charge is 2.10. The van der Waals surface area contributed by atoms with Gasteiger partial charge in [-0.25, -0.2) is 9.89 Å². The quantitative estimate of drug-likeness (QED) is 0.626. The summed E-state index contributed by atoms with van der Waals surface area (Å²) in [5.74, 6) is -0.243.